The van der Waals surface area contributed by atoms with Gasteiger partial charge in [-0.3, -0.25) is 0 Å². The van der Waals surface area contributed by atoms with Crippen molar-refractivity contribution in [1.29, 1.82) is 0 Å². The van der Waals surface area contributed by atoms with Gasteiger partial charge in [0.1, 0.15) is 5.82 Å². The van der Waals surface area contributed by atoms with Gasteiger partial charge in [-0.25, -0.2) is 0 Å². The number of hydrogen-bond donors (Lipinski definition) is 0. The van der Waals surface area contributed by atoms with Crippen LogP contribution >= 0.6 is 23.4 Å². The second-order valence-electron chi connectivity index (χ2n) is 5.71. The maximum absolute atomic E-state index is 6.15. The van der Waals surface area contributed by atoms with Gasteiger partial charge in [-0.2, -0.15) is 11.8 Å². The molecule has 0 N–H and O–H groups in total. The number of hydrogen-bond acceptors (Lipinski definition) is 3. The Morgan fingerprint density at radius 1 is 1.29 bits per heavy atom. The van der Waals surface area contributed by atoms with Gasteiger partial charge < -0.3 is 4.57 Å². The molecule has 2 rings (SSSR count). The standard InChI is InChI=1S/C12H20ClN3S/c1-12(2,3)10-14-15-11(13)16(10)8-9-4-6-17-7-5-9/h9H,4-8H2,1-3H3. The number of thioether (sulfide) groups is 1. The minimum atomic E-state index is 0.00353. The van der Waals surface area contributed by atoms with Gasteiger partial charge in [-0.1, -0.05) is 20.8 Å². The first-order valence-electron chi connectivity index (χ1n) is 6.15. The van der Waals surface area contributed by atoms with Crippen LogP contribution in [-0.2, 0) is 12.0 Å². The molecule has 1 fully saturated rings. The van der Waals surface area contributed by atoms with Crippen LogP contribution in [0.2, 0.25) is 5.28 Å². The molecule has 1 aromatic heterocycles. The van der Waals surface area contributed by atoms with Gasteiger partial charge in [0.2, 0.25) is 5.28 Å². The Labute approximate surface area is 112 Å². The summed E-state index contributed by atoms with van der Waals surface area (Å²) in [6.45, 7) is 7.43. The number of halogens is 1. The third kappa shape index (κ3) is 3.16. The summed E-state index contributed by atoms with van der Waals surface area (Å²) in [6.07, 6.45) is 2.56. The largest absolute Gasteiger partial charge is 0.301 e. The summed E-state index contributed by atoms with van der Waals surface area (Å²) in [5.74, 6) is 4.27. The molecule has 0 atom stereocenters. The lowest BCUT2D eigenvalue weighted by Crippen LogP contribution is -2.23. The summed E-state index contributed by atoms with van der Waals surface area (Å²) in [4.78, 5) is 0. The average Bonchev–Trinajstić information content (AvgIpc) is 2.62. The second kappa shape index (κ2) is 5.19. The molecule has 0 saturated carbocycles. The van der Waals surface area contributed by atoms with E-state index in [1.54, 1.807) is 0 Å². The van der Waals surface area contributed by atoms with Crippen LogP contribution in [0.4, 0.5) is 0 Å². The Morgan fingerprint density at radius 3 is 2.53 bits per heavy atom. The molecule has 0 aliphatic carbocycles. The highest BCUT2D eigenvalue weighted by molar-refractivity contribution is 7.99. The molecule has 0 bridgehead atoms. The first kappa shape index (κ1) is 13.2. The zero-order chi connectivity index (χ0) is 12.5. The molecular weight excluding hydrogens is 254 g/mol. The van der Waals surface area contributed by atoms with Crippen molar-refractivity contribution in [1.82, 2.24) is 14.8 Å². The van der Waals surface area contributed by atoms with Crippen LogP contribution in [0.5, 0.6) is 0 Å². The van der Waals surface area contributed by atoms with Crippen molar-refractivity contribution in [3.8, 4) is 0 Å². The van der Waals surface area contributed by atoms with Gasteiger partial charge in [0.25, 0.3) is 0 Å². The maximum Gasteiger partial charge on any atom is 0.225 e. The summed E-state index contributed by atoms with van der Waals surface area (Å²) < 4.78 is 2.10. The van der Waals surface area contributed by atoms with E-state index in [-0.39, 0.29) is 5.41 Å². The monoisotopic (exact) mass is 273 g/mol. The molecule has 0 aromatic carbocycles. The second-order valence-corrected chi connectivity index (χ2v) is 7.27. The van der Waals surface area contributed by atoms with E-state index in [4.69, 9.17) is 11.6 Å². The zero-order valence-electron chi connectivity index (χ0n) is 10.7. The summed E-state index contributed by atoms with van der Waals surface area (Å²) >= 11 is 8.21. The third-order valence-corrected chi connectivity index (χ3v) is 4.49. The molecule has 17 heavy (non-hydrogen) atoms. The molecule has 1 aliphatic heterocycles. The molecule has 0 unspecified atom stereocenters. The average molecular weight is 274 g/mol. The fraction of sp³-hybridized carbons (Fsp3) is 0.833. The fourth-order valence-corrected chi connectivity index (χ4v) is 3.58. The van der Waals surface area contributed by atoms with Gasteiger partial charge >= 0.3 is 0 Å². The molecule has 0 amide bonds. The first-order valence-corrected chi connectivity index (χ1v) is 7.68. The quantitative estimate of drug-likeness (QED) is 0.828. The molecule has 5 heteroatoms. The summed E-state index contributed by atoms with van der Waals surface area (Å²) in [7, 11) is 0. The molecule has 1 aromatic rings. The topological polar surface area (TPSA) is 30.7 Å². The van der Waals surface area contributed by atoms with Crippen molar-refractivity contribution in [3.63, 3.8) is 0 Å². The van der Waals surface area contributed by atoms with E-state index in [2.05, 4.69) is 47.3 Å². The van der Waals surface area contributed by atoms with E-state index < -0.39 is 0 Å². The fourth-order valence-electron chi connectivity index (χ4n) is 2.19. The van der Waals surface area contributed by atoms with Gasteiger partial charge in [-0.15, -0.1) is 10.2 Å². The highest BCUT2D eigenvalue weighted by Gasteiger charge is 2.25. The first-order chi connectivity index (χ1) is 7.98. The Bertz CT molecular complexity index is 378. The van der Waals surface area contributed by atoms with Crippen LogP contribution < -0.4 is 0 Å². The lowest BCUT2D eigenvalue weighted by Gasteiger charge is -2.25. The molecule has 96 valence electrons. The SMILES string of the molecule is CC(C)(C)c1nnc(Cl)n1CC1CCSCC1. The zero-order valence-corrected chi connectivity index (χ0v) is 12.3. The number of nitrogens with zero attached hydrogens (tertiary/aromatic N) is 3. The lowest BCUT2D eigenvalue weighted by atomic mass is 9.95. The van der Waals surface area contributed by atoms with Crippen LogP contribution in [0.15, 0.2) is 0 Å². The van der Waals surface area contributed by atoms with Gasteiger partial charge in [0.15, 0.2) is 0 Å². The summed E-state index contributed by atoms with van der Waals surface area (Å²) in [6, 6.07) is 0. The minimum Gasteiger partial charge on any atom is -0.301 e. The molecular formula is C12H20ClN3S. The molecule has 0 radical (unpaired) electrons. The van der Waals surface area contributed by atoms with Crippen molar-refractivity contribution in [2.24, 2.45) is 5.92 Å². The van der Waals surface area contributed by atoms with Crippen molar-refractivity contribution in [3.05, 3.63) is 11.1 Å². The van der Waals surface area contributed by atoms with E-state index >= 15 is 0 Å². The van der Waals surface area contributed by atoms with Crippen LogP contribution in [0.3, 0.4) is 0 Å². The molecule has 1 aliphatic rings. The Hall–Kier alpha value is -0.220. The van der Waals surface area contributed by atoms with Crippen LogP contribution in [0.1, 0.15) is 39.4 Å². The van der Waals surface area contributed by atoms with Crippen molar-refractivity contribution < 1.29 is 0 Å². The van der Waals surface area contributed by atoms with Gasteiger partial charge in [0.05, 0.1) is 0 Å². The predicted molar refractivity (Wildman–Crippen MR) is 73.8 cm³/mol. The van der Waals surface area contributed by atoms with Crippen molar-refractivity contribution >= 4 is 23.4 Å². The van der Waals surface area contributed by atoms with Gasteiger partial charge in [-0.05, 0) is 41.9 Å². The third-order valence-electron chi connectivity index (χ3n) is 3.16. The maximum atomic E-state index is 6.15. The van der Waals surface area contributed by atoms with E-state index in [1.807, 2.05) is 0 Å². The van der Waals surface area contributed by atoms with E-state index in [0.29, 0.717) is 5.28 Å². The van der Waals surface area contributed by atoms with Gasteiger partial charge in [0, 0.05) is 12.0 Å². The summed E-state index contributed by atoms with van der Waals surface area (Å²) in [5.41, 5.74) is 0.00353. The van der Waals surface area contributed by atoms with Crippen molar-refractivity contribution in [2.75, 3.05) is 11.5 Å². The normalized spacial score (nSPS) is 18.6. The van der Waals surface area contributed by atoms with Crippen LogP contribution in [-0.4, -0.2) is 26.3 Å². The Morgan fingerprint density at radius 2 is 1.94 bits per heavy atom. The number of rotatable bonds is 2. The summed E-state index contributed by atoms with van der Waals surface area (Å²) in [5, 5.41) is 8.79. The van der Waals surface area contributed by atoms with E-state index in [1.165, 1.54) is 24.3 Å². The highest BCUT2D eigenvalue weighted by atomic mass is 35.5. The van der Waals surface area contributed by atoms with Crippen LogP contribution in [0, 0.1) is 5.92 Å². The molecule has 0 spiro atoms. The van der Waals surface area contributed by atoms with Crippen LogP contribution in [0.25, 0.3) is 0 Å². The Kier molecular flexibility index (Phi) is 4.03. The minimum absolute atomic E-state index is 0.00353. The Balaban J connectivity index is 2.16. The molecule has 1 saturated heterocycles. The van der Waals surface area contributed by atoms with E-state index in [0.717, 1.165) is 18.3 Å². The smallest absolute Gasteiger partial charge is 0.225 e. The highest BCUT2D eigenvalue weighted by Crippen LogP contribution is 2.28. The molecule has 3 nitrogen and oxygen atoms in total. The lowest BCUT2D eigenvalue weighted by molar-refractivity contribution is 0.389. The van der Waals surface area contributed by atoms with Crippen molar-refractivity contribution in [2.45, 2.75) is 45.6 Å². The van der Waals surface area contributed by atoms with E-state index in [9.17, 15) is 0 Å². The predicted octanol–water partition coefficient (Wildman–Crippen LogP) is 3.37. The number of aromatic nitrogens is 3. The molecule has 2 heterocycles.